The second kappa shape index (κ2) is 6.56. The Labute approximate surface area is 113 Å². The summed E-state index contributed by atoms with van der Waals surface area (Å²) in [5.41, 5.74) is 5.41. The minimum absolute atomic E-state index is 0.0818. The number of anilines is 2. The van der Waals surface area contributed by atoms with Crippen LogP contribution in [0.3, 0.4) is 0 Å². The minimum Gasteiger partial charge on any atom is -0.396 e. The molecule has 3 N–H and O–H groups in total. The molecule has 0 saturated heterocycles. The zero-order chi connectivity index (χ0) is 15.3. The van der Waals surface area contributed by atoms with Gasteiger partial charge in [0.2, 0.25) is 5.91 Å². The summed E-state index contributed by atoms with van der Waals surface area (Å²) >= 11 is 0. The Hall–Kier alpha value is -1.83. The molecule has 0 saturated carbocycles. The number of amides is 1. The normalized spacial score (nSPS) is 11.7. The molecule has 20 heavy (non-hydrogen) atoms. The van der Waals surface area contributed by atoms with Gasteiger partial charge in [-0.15, -0.1) is 0 Å². The number of hydrogen-bond donors (Lipinski definition) is 2. The Balaban J connectivity index is 2.59. The van der Waals surface area contributed by atoms with Crippen molar-refractivity contribution < 1.29 is 22.4 Å². The quantitative estimate of drug-likeness (QED) is 0.646. The van der Waals surface area contributed by atoms with E-state index in [9.17, 15) is 22.4 Å². The number of likely N-dealkylation sites (N-methyl/N-ethyl adjacent to an activating group) is 1. The number of carbonyl (C=O) groups is 1. The first kappa shape index (κ1) is 16.2. The SMILES string of the molecule is CCN(CC(=O)Nc1ccc(F)c(N)c1)CC(F)(F)F. The molecule has 4 nitrogen and oxygen atoms in total. The van der Waals surface area contributed by atoms with Crippen molar-refractivity contribution in [3.05, 3.63) is 24.0 Å². The second-order valence-corrected chi connectivity index (χ2v) is 4.20. The summed E-state index contributed by atoms with van der Waals surface area (Å²) < 4.78 is 49.6. The van der Waals surface area contributed by atoms with Gasteiger partial charge < -0.3 is 11.1 Å². The topological polar surface area (TPSA) is 58.4 Å². The molecule has 112 valence electrons. The van der Waals surface area contributed by atoms with Gasteiger partial charge in [-0.25, -0.2) is 4.39 Å². The lowest BCUT2D eigenvalue weighted by atomic mass is 10.2. The molecule has 0 atom stereocenters. The van der Waals surface area contributed by atoms with E-state index >= 15 is 0 Å². The van der Waals surface area contributed by atoms with E-state index in [1.807, 2.05) is 0 Å². The largest absolute Gasteiger partial charge is 0.401 e. The molecule has 0 bridgehead atoms. The fourth-order valence-corrected chi connectivity index (χ4v) is 1.56. The third kappa shape index (κ3) is 5.43. The Bertz CT molecular complexity index is 476. The smallest absolute Gasteiger partial charge is 0.396 e. The van der Waals surface area contributed by atoms with Gasteiger partial charge in [0.1, 0.15) is 5.82 Å². The average Bonchev–Trinajstić information content (AvgIpc) is 2.31. The fraction of sp³-hybridized carbons (Fsp3) is 0.417. The van der Waals surface area contributed by atoms with Crippen LogP contribution in [0.1, 0.15) is 6.92 Å². The molecule has 1 amide bonds. The molecule has 8 heteroatoms. The summed E-state index contributed by atoms with van der Waals surface area (Å²) in [5.74, 6) is -1.25. The Kier molecular flexibility index (Phi) is 5.32. The first-order chi connectivity index (χ1) is 9.21. The van der Waals surface area contributed by atoms with Crippen LogP contribution in [0.25, 0.3) is 0 Å². The van der Waals surface area contributed by atoms with E-state index in [4.69, 9.17) is 5.73 Å². The van der Waals surface area contributed by atoms with Crippen LogP contribution in [0.2, 0.25) is 0 Å². The number of alkyl halides is 3. The molecule has 0 aliphatic rings. The lowest BCUT2D eigenvalue weighted by Crippen LogP contribution is -2.39. The minimum atomic E-state index is -4.36. The van der Waals surface area contributed by atoms with E-state index in [2.05, 4.69) is 5.32 Å². The molecule has 1 aromatic carbocycles. The van der Waals surface area contributed by atoms with E-state index in [1.165, 1.54) is 19.1 Å². The molecule has 0 unspecified atom stereocenters. The highest BCUT2D eigenvalue weighted by Gasteiger charge is 2.30. The van der Waals surface area contributed by atoms with Crippen LogP contribution >= 0.6 is 0 Å². The molecule has 0 aromatic heterocycles. The van der Waals surface area contributed by atoms with Crippen LogP contribution in [-0.2, 0) is 4.79 Å². The summed E-state index contributed by atoms with van der Waals surface area (Å²) in [6, 6.07) is 3.55. The van der Waals surface area contributed by atoms with Gasteiger partial charge in [-0.1, -0.05) is 6.92 Å². The number of hydrogen-bond acceptors (Lipinski definition) is 3. The first-order valence-electron chi connectivity index (χ1n) is 5.85. The molecular weight excluding hydrogens is 278 g/mol. The van der Waals surface area contributed by atoms with Gasteiger partial charge in [0.15, 0.2) is 0 Å². The van der Waals surface area contributed by atoms with E-state index in [0.29, 0.717) is 0 Å². The number of nitrogen functional groups attached to an aromatic ring is 1. The standard InChI is InChI=1S/C12H15F4N3O/c1-2-19(7-12(14,15)16)6-11(20)18-8-3-4-9(13)10(17)5-8/h3-5H,2,6-7,17H2,1H3,(H,18,20). The number of nitrogens with two attached hydrogens (primary N) is 1. The van der Waals surface area contributed by atoms with Crippen LogP contribution in [0.4, 0.5) is 28.9 Å². The highest BCUT2D eigenvalue weighted by atomic mass is 19.4. The maximum Gasteiger partial charge on any atom is 0.401 e. The van der Waals surface area contributed by atoms with Gasteiger partial charge >= 0.3 is 6.18 Å². The maximum atomic E-state index is 12.9. The van der Waals surface area contributed by atoms with Crippen molar-refractivity contribution in [2.75, 3.05) is 30.7 Å². The predicted molar refractivity (Wildman–Crippen MR) is 67.6 cm³/mol. The van der Waals surface area contributed by atoms with Gasteiger partial charge in [0.05, 0.1) is 18.8 Å². The molecule has 0 aliphatic carbocycles. The highest BCUT2D eigenvalue weighted by Crippen LogP contribution is 2.18. The van der Waals surface area contributed by atoms with Crippen LogP contribution < -0.4 is 11.1 Å². The maximum absolute atomic E-state index is 12.9. The highest BCUT2D eigenvalue weighted by molar-refractivity contribution is 5.92. The van der Waals surface area contributed by atoms with Gasteiger partial charge in [-0.05, 0) is 24.7 Å². The number of nitrogens with one attached hydrogen (secondary N) is 1. The Morgan fingerprint density at radius 1 is 1.40 bits per heavy atom. The Morgan fingerprint density at radius 2 is 2.05 bits per heavy atom. The average molecular weight is 293 g/mol. The van der Waals surface area contributed by atoms with E-state index < -0.39 is 31.0 Å². The van der Waals surface area contributed by atoms with Crippen LogP contribution in [0.15, 0.2) is 18.2 Å². The molecule has 0 heterocycles. The number of benzene rings is 1. The van der Waals surface area contributed by atoms with Crippen molar-refractivity contribution in [2.24, 2.45) is 0 Å². The summed E-state index contributed by atoms with van der Waals surface area (Å²) in [5, 5.41) is 2.37. The number of halogens is 4. The van der Waals surface area contributed by atoms with Crippen molar-refractivity contribution in [3.63, 3.8) is 0 Å². The van der Waals surface area contributed by atoms with Crippen molar-refractivity contribution in [1.82, 2.24) is 4.90 Å². The molecule has 0 radical (unpaired) electrons. The monoisotopic (exact) mass is 293 g/mol. The lowest BCUT2D eigenvalue weighted by molar-refractivity contribution is -0.147. The van der Waals surface area contributed by atoms with Crippen LogP contribution in [-0.4, -0.2) is 36.6 Å². The van der Waals surface area contributed by atoms with Crippen molar-refractivity contribution in [1.29, 1.82) is 0 Å². The molecule has 0 spiro atoms. The van der Waals surface area contributed by atoms with Gasteiger partial charge in [0, 0.05) is 5.69 Å². The van der Waals surface area contributed by atoms with E-state index in [-0.39, 0.29) is 17.9 Å². The number of carbonyl (C=O) groups excluding carboxylic acids is 1. The number of rotatable bonds is 5. The Morgan fingerprint density at radius 3 is 2.55 bits per heavy atom. The van der Waals surface area contributed by atoms with Crippen molar-refractivity contribution >= 4 is 17.3 Å². The zero-order valence-electron chi connectivity index (χ0n) is 10.8. The molecule has 1 rings (SSSR count). The van der Waals surface area contributed by atoms with Gasteiger partial charge in [0.25, 0.3) is 0 Å². The summed E-state index contributed by atoms with van der Waals surface area (Å²) in [6.07, 6.45) is -4.36. The second-order valence-electron chi connectivity index (χ2n) is 4.20. The van der Waals surface area contributed by atoms with Crippen LogP contribution in [0, 0.1) is 5.82 Å². The van der Waals surface area contributed by atoms with Crippen molar-refractivity contribution in [2.45, 2.75) is 13.1 Å². The zero-order valence-corrected chi connectivity index (χ0v) is 10.8. The van der Waals surface area contributed by atoms with E-state index in [0.717, 1.165) is 11.0 Å². The predicted octanol–water partition coefficient (Wildman–Crippen LogP) is 2.23. The van der Waals surface area contributed by atoms with Gasteiger partial charge in [-0.2, -0.15) is 13.2 Å². The molecule has 0 aliphatic heterocycles. The molecule has 1 aromatic rings. The fourth-order valence-electron chi connectivity index (χ4n) is 1.56. The third-order valence-corrected chi connectivity index (χ3v) is 2.50. The third-order valence-electron chi connectivity index (χ3n) is 2.50. The number of nitrogens with zero attached hydrogens (tertiary/aromatic N) is 1. The van der Waals surface area contributed by atoms with Gasteiger partial charge in [-0.3, -0.25) is 9.69 Å². The molecule has 0 fully saturated rings. The lowest BCUT2D eigenvalue weighted by Gasteiger charge is -2.21. The van der Waals surface area contributed by atoms with E-state index in [1.54, 1.807) is 0 Å². The molecular formula is C12H15F4N3O. The van der Waals surface area contributed by atoms with Crippen molar-refractivity contribution in [3.8, 4) is 0 Å². The summed E-state index contributed by atoms with van der Waals surface area (Å²) in [6.45, 7) is 0.0309. The van der Waals surface area contributed by atoms with Crippen LogP contribution in [0.5, 0.6) is 0 Å². The summed E-state index contributed by atoms with van der Waals surface area (Å²) in [4.78, 5) is 12.6. The summed E-state index contributed by atoms with van der Waals surface area (Å²) in [7, 11) is 0. The first-order valence-corrected chi connectivity index (χ1v) is 5.85.